The third kappa shape index (κ3) is 2.18. The Hall–Kier alpha value is -1.97. The van der Waals surface area contributed by atoms with Gasteiger partial charge in [-0.1, -0.05) is 0 Å². The van der Waals surface area contributed by atoms with E-state index in [1.54, 1.807) is 0 Å². The minimum Gasteiger partial charge on any atom is -0.394 e. The van der Waals surface area contributed by atoms with Crippen molar-refractivity contribution in [1.82, 2.24) is 19.5 Å². The molecule has 0 aliphatic rings. The average Bonchev–Trinajstić information content (AvgIpc) is 2.83. The summed E-state index contributed by atoms with van der Waals surface area (Å²) in [6.07, 6.45) is 0.626. The fraction of sp³-hybridized carbons (Fsp3) is 0.444. The van der Waals surface area contributed by atoms with E-state index in [9.17, 15) is 4.79 Å². The van der Waals surface area contributed by atoms with Crippen LogP contribution in [0.5, 0.6) is 0 Å². The lowest BCUT2D eigenvalue weighted by Crippen LogP contribution is -2.26. The number of aromatic amines is 1. The lowest BCUT2D eigenvalue weighted by molar-refractivity contribution is -0.0484. The highest BCUT2D eigenvalue weighted by Gasteiger charge is 2.12. The number of aliphatic hydroxyl groups excluding tert-OH is 2. The largest absolute Gasteiger partial charge is 0.394 e. The molecule has 0 unspecified atom stereocenters. The Morgan fingerprint density at radius 2 is 2.22 bits per heavy atom. The van der Waals surface area contributed by atoms with Crippen LogP contribution in [-0.2, 0) is 11.5 Å². The molecule has 0 fully saturated rings. The third-order valence-corrected chi connectivity index (χ3v) is 2.43. The minimum absolute atomic E-state index is 0.0358. The molecule has 0 saturated carbocycles. The van der Waals surface area contributed by atoms with Crippen molar-refractivity contribution in [2.45, 2.75) is 12.8 Å². The fourth-order valence-corrected chi connectivity index (χ4v) is 1.46. The quantitative estimate of drug-likeness (QED) is 0.485. The van der Waals surface area contributed by atoms with Crippen LogP contribution in [0.25, 0.3) is 11.2 Å². The topological polar surface area (TPSA) is 139 Å². The molecule has 0 saturated heterocycles. The average molecular weight is 255 g/mol. The minimum atomic E-state index is -0.721. The van der Waals surface area contributed by atoms with E-state index in [1.165, 1.54) is 10.9 Å². The van der Waals surface area contributed by atoms with Crippen LogP contribution < -0.4 is 11.3 Å². The van der Waals surface area contributed by atoms with Crippen LogP contribution in [0.4, 0.5) is 5.95 Å². The monoisotopic (exact) mass is 255 g/mol. The Bertz CT molecular complexity index is 588. The number of nitrogens with two attached hydrogens (primary N) is 1. The van der Waals surface area contributed by atoms with Crippen molar-refractivity contribution in [3.63, 3.8) is 0 Å². The number of H-pyrrole nitrogens is 1. The van der Waals surface area contributed by atoms with Crippen molar-refractivity contribution < 1.29 is 14.9 Å². The molecular formula is C9H13N5O4. The number of fused-ring (bicyclic) bond motifs is 1. The summed E-state index contributed by atoms with van der Waals surface area (Å²) in [5.41, 5.74) is 5.62. The Balaban J connectivity index is 2.33. The molecule has 2 rings (SSSR count). The van der Waals surface area contributed by atoms with Gasteiger partial charge in [-0.3, -0.25) is 9.36 Å². The summed E-state index contributed by atoms with van der Waals surface area (Å²) >= 11 is 0. The van der Waals surface area contributed by atoms with Gasteiger partial charge in [-0.2, -0.15) is 4.98 Å². The van der Waals surface area contributed by atoms with Crippen LogP contribution >= 0.6 is 0 Å². The van der Waals surface area contributed by atoms with E-state index in [4.69, 9.17) is 20.7 Å². The van der Waals surface area contributed by atoms with Gasteiger partial charge in [-0.25, -0.2) is 4.98 Å². The zero-order chi connectivity index (χ0) is 13.1. The second-order valence-electron chi connectivity index (χ2n) is 3.59. The van der Waals surface area contributed by atoms with Gasteiger partial charge in [0, 0.05) is 0 Å². The van der Waals surface area contributed by atoms with Gasteiger partial charge in [0.1, 0.15) is 18.5 Å². The van der Waals surface area contributed by atoms with Gasteiger partial charge in [0.25, 0.3) is 0 Å². The maximum Gasteiger partial charge on any atom is 0.302 e. The number of hydrogen-bond acceptors (Lipinski definition) is 7. The van der Waals surface area contributed by atoms with Gasteiger partial charge in [-0.15, -0.1) is 0 Å². The fourth-order valence-electron chi connectivity index (χ4n) is 1.46. The molecule has 5 N–H and O–H groups in total. The van der Waals surface area contributed by atoms with Crippen LogP contribution in [0, 0.1) is 0 Å². The van der Waals surface area contributed by atoms with Gasteiger partial charge >= 0.3 is 5.56 Å². The van der Waals surface area contributed by atoms with E-state index in [1.807, 2.05) is 0 Å². The molecule has 9 nitrogen and oxygen atoms in total. The van der Waals surface area contributed by atoms with E-state index in [-0.39, 0.29) is 31.4 Å². The number of aromatic nitrogens is 4. The van der Waals surface area contributed by atoms with E-state index in [2.05, 4.69) is 15.0 Å². The molecule has 9 heteroatoms. The first kappa shape index (κ1) is 12.5. The van der Waals surface area contributed by atoms with E-state index in [0.29, 0.717) is 5.65 Å². The van der Waals surface area contributed by atoms with Gasteiger partial charge in [-0.05, 0) is 0 Å². The molecule has 0 atom stereocenters. The first-order valence-corrected chi connectivity index (χ1v) is 5.20. The number of imidazole rings is 1. The normalized spacial score (nSPS) is 11.5. The number of rotatable bonds is 5. The molecule has 0 spiro atoms. The van der Waals surface area contributed by atoms with Crippen molar-refractivity contribution in [2.75, 3.05) is 18.9 Å². The van der Waals surface area contributed by atoms with E-state index in [0.717, 1.165) is 0 Å². The molecule has 0 aliphatic carbocycles. The van der Waals surface area contributed by atoms with Crippen molar-refractivity contribution in [2.24, 2.45) is 0 Å². The maximum atomic E-state index is 11.5. The number of anilines is 1. The molecular weight excluding hydrogens is 242 g/mol. The molecule has 0 aromatic carbocycles. The number of hydrogen-bond donors (Lipinski definition) is 4. The molecule has 0 bridgehead atoms. The summed E-state index contributed by atoms with van der Waals surface area (Å²) in [5, 5.41) is 17.8. The van der Waals surface area contributed by atoms with Crippen molar-refractivity contribution >= 4 is 17.1 Å². The van der Waals surface area contributed by atoms with Crippen molar-refractivity contribution in [1.29, 1.82) is 0 Å². The Morgan fingerprint density at radius 3 is 2.89 bits per heavy atom. The zero-order valence-electron chi connectivity index (χ0n) is 9.41. The van der Waals surface area contributed by atoms with Gasteiger partial charge < -0.3 is 25.7 Å². The van der Waals surface area contributed by atoms with E-state index < -0.39 is 11.7 Å². The Morgan fingerprint density at radius 1 is 1.50 bits per heavy atom. The molecule has 0 amide bonds. The van der Waals surface area contributed by atoms with Crippen LogP contribution in [0.3, 0.4) is 0 Å². The molecule has 98 valence electrons. The summed E-state index contributed by atoms with van der Waals surface area (Å²) < 4.78 is 6.61. The summed E-state index contributed by atoms with van der Waals surface area (Å²) in [6.45, 7) is -0.712. The van der Waals surface area contributed by atoms with Crippen LogP contribution in [0.1, 0.15) is 0 Å². The number of ether oxygens (including phenoxy) is 1. The molecule has 2 heterocycles. The number of nitrogens with one attached hydrogen (secondary N) is 1. The highest BCUT2D eigenvalue weighted by atomic mass is 16.5. The molecule has 2 aromatic rings. The zero-order valence-corrected chi connectivity index (χ0v) is 9.41. The standard InChI is InChI=1S/C9H13N5O4/c10-9-13-8(17)6-7(12-3-11-6)14(9)4-18-5(1-15)2-16/h3,5,15-16H,1-2,4H2,(H,11,12)(H2,10,13,17). The second-order valence-corrected chi connectivity index (χ2v) is 3.59. The SMILES string of the molecule is Nc1nc(=O)c2nc[nH]c2n1COC(CO)CO. The molecule has 18 heavy (non-hydrogen) atoms. The lowest BCUT2D eigenvalue weighted by atomic mass is 10.4. The number of nitrogen functional groups attached to an aromatic ring is 1. The third-order valence-electron chi connectivity index (χ3n) is 2.43. The highest BCUT2D eigenvalue weighted by molar-refractivity contribution is 5.70. The predicted molar refractivity (Wildman–Crippen MR) is 61.6 cm³/mol. The van der Waals surface area contributed by atoms with Crippen LogP contribution in [-0.4, -0.2) is 49.0 Å². The highest BCUT2D eigenvalue weighted by Crippen LogP contribution is 2.09. The lowest BCUT2D eigenvalue weighted by Gasteiger charge is -2.15. The Labute approximate surface area is 101 Å². The smallest absolute Gasteiger partial charge is 0.302 e. The van der Waals surface area contributed by atoms with Gasteiger partial charge in [0.2, 0.25) is 5.95 Å². The summed E-state index contributed by atoms with van der Waals surface area (Å²) in [7, 11) is 0. The van der Waals surface area contributed by atoms with Gasteiger partial charge in [0.05, 0.1) is 19.5 Å². The van der Waals surface area contributed by atoms with E-state index >= 15 is 0 Å². The second kappa shape index (κ2) is 5.12. The summed E-state index contributed by atoms with van der Waals surface area (Å²) in [6, 6.07) is 0. The number of nitrogens with zero attached hydrogens (tertiary/aromatic N) is 3. The summed E-state index contributed by atoms with van der Waals surface area (Å²) in [5.74, 6) is -0.0358. The van der Waals surface area contributed by atoms with Crippen LogP contribution in [0.2, 0.25) is 0 Å². The summed E-state index contributed by atoms with van der Waals surface area (Å²) in [4.78, 5) is 21.6. The molecule has 0 radical (unpaired) electrons. The van der Waals surface area contributed by atoms with Crippen LogP contribution in [0.15, 0.2) is 11.1 Å². The first-order valence-electron chi connectivity index (χ1n) is 5.20. The maximum absolute atomic E-state index is 11.5. The molecule has 0 aliphatic heterocycles. The first-order chi connectivity index (χ1) is 8.67. The van der Waals surface area contributed by atoms with Crippen molar-refractivity contribution in [3.05, 3.63) is 16.7 Å². The predicted octanol–water partition coefficient (Wildman–Crippen LogP) is -1.97. The Kier molecular flexibility index (Phi) is 3.55. The number of aliphatic hydroxyl groups is 2. The molecule has 2 aromatic heterocycles. The van der Waals surface area contributed by atoms with Gasteiger partial charge in [0.15, 0.2) is 5.52 Å². The van der Waals surface area contributed by atoms with Crippen molar-refractivity contribution in [3.8, 4) is 0 Å².